The van der Waals surface area contributed by atoms with Crippen LogP contribution in [0.3, 0.4) is 0 Å². The van der Waals surface area contributed by atoms with Gasteiger partial charge in [0.2, 0.25) is 0 Å². The Morgan fingerprint density at radius 1 is 1.21 bits per heavy atom. The fraction of sp³-hybridized carbons (Fsp3) is 0.583. The molecule has 0 saturated heterocycles. The van der Waals surface area contributed by atoms with E-state index in [1.165, 1.54) is 12.0 Å². The Morgan fingerprint density at radius 2 is 1.93 bits per heavy atom. The van der Waals surface area contributed by atoms with Crippen molar-refractivity contribution in [3.8, 4) is 0 Å². The van der Waals surface area contributed by atoms with Gasteiger partial charge in [-0.05, 0) is 50.5 Å². The standard InChI is InChI=1S/C24H33N3O2/c1-23(2)15-20(18-9-5-3-6-10-18)26-22-19(17-25-27(22)23)21(29)16-24(13-14-28)11-7-4-8-12-24/h3,5-6,9-10,17,20,26,28H,4,7-8,11-16H2,1-2H3. The van der Waals surface area contributed by atoms with Crippen LogP contribution in [0.25, 0.3) is 0 Å². The molecule has 1 aliphatic carbocycles. The van der Waals surface area contributed by atoms with Crippen molar-refractivity contribution in [3.05, 3.63) is 47.7 Å². The summed E-state index contributed by atoms with van der Waals surface area (Å²) in [6.45, 7) is 4.52. The number of carbonyl (C=O) groups excluding carboxylic acids is 1. The summed E-state index contributed by atoms with van der Waals surface area (Å²) in [4.78, 5) is 13.4. The van der Waals surface area contributed by atoms with Gasteiger partial charge in [-0.3, -0.25) is 4.79 Å². The third kappa shape index (κ3) is 3.97. The minimum atomic E-state index is -0.173. The zero-order valence-electron chi connectivity index (χ0n) is 17.7. The molecule has 1 aromatic carbocycles. The van der Waals surface area contributed by atoms with Crippen LogP contribution < -0.4 is 5.32 Å². The first kappa shape index (κ1) is 20.1. The quantitative estimate of drug-likeness (QED) is 0.669. The Balaban J connectivity index is 1.62. The second kappa shape index (κ2) is 7.94. The minimum absolute atomic E-state index is 0.0537. The van der Waals surface area contributed by atoms with E-state index in [2.05, 4.69) is 48.5 Å². The van der Waals surface area contributed by atoms with E-state index in [-0.39, 0.29) is 29.4 Å². The molecule has 0 radical (unpaired) electrons. The van der Waals surface area contributed by atoms with Gasteiger partial charge in [-0.1, -0.05) is 49.6 Å². The third-order valence-corrected chi connectivity index (χ3v) is 6.95. The maximum atomic E-state index is 13.4. The van der Waals surface area contributed by atoms with Crippen LogP contribution in [0, 0.1) is 5.41 Å². The average molecular weight is 396 g/mol. The summed E-state index contributed by atoms with van der Waals surface area (Å²) < 4.78 is 1.99. The molecule has 2 heterocycles. The molecule has 1 saturated carbocycles. The highest BCUT2D eigenvalue weighted by Gasteiger charge is 2.39. The zero-order chi connectivity index (χ0) is 20.5. The van der Waals surface area contributed by atoms with Gasteiger partial charge < -0.3 is 10.4 Å². The second-order valence-corrected chi connectivity index (χ2v) is 9.58. The molecule has 1 aromatic heterocycles. The van der Waals surface area contributed by atoms with Gasteiger partial charge in [0.25, 0.3) is 0 Å². The first-order valence-corrected chi connectivity index (χ1v) is 11.0. The molecule has 2 N–H and O–H groups in total. The lowest BCUT2D eigenvalue weighted by Gasteiger charge is -2.39. The lowest BCUT2D eigenvalue weighted by atomic mass is 9.68. The maximum Gasteiger partial charge on any atom is 0.168 e. The van der Waals surface area contributed by atoms with Crippen LogP contribution >= 0.6 is 0 Å². The van der Waals surface area contributed by atoms with Gasteiger partial charge in [-0.2, -0.15) is 5.10 Å². The number of carbonyl (C=O) groups is 1. The number of anilines is 1. The summed E-state index contributed by atoms with van der Waals surface area (Å²) in [5, 5.41) is 17.8. The Bertz CT molecular complexity index is 845. The second-order valence-electron chi connectivity index (χ2n) is 9.58. The Morgan fingerprint density at radius 3 is 2.62 bits per heavy atom. The number of aliphatic hydroxyl groups is 1. The van der Waals surface area contributed by atoms with Crippen LogP contribution in [-0.2, 0) is 5.54 Å². The Hall–Kier alpha value is -2.14. The van der Waals surface area contributed by atoms with E-state index in [9.17, 15) is 9.90 Å². The molecule has 2 aromatic rings. The van der Waals surface area contributed by atoms with Crippen LogP contribution in [0.2, 0.25) is 0 Å². The Kier molecular flexibility index (Phi) is 5.52. The van der Waals surface area contributed by atoms with E-state index < -0.39 is 0 Å². The lowest BCUT2D eigenvalue weighted by Crippen LogP contribution is -2.38. The molecule has 156 valence electrons. The van der Waals surface area contributed by atoms with Gasteiger partial charge in [0.15, 0.2) is 5.78 Å². The molecule has 2 aliphatic rings. The predicted octanol–water partition coefficient (Wildman–Crippen LogP) is 5.08. The zero-order valence-corrected chi connectivity index (χ0v) is 17.7. The van der Waals surface area contributed by atoms with Crippen molar-refractivity contribution < 1.29 is 9.90 Å². The molecule has 1 unspecified atom stereocenters. The van der Waals surface area contributed by atoms with Crippen molar-refractivity contribution in [3.63, 3.8) is 0 Å². The summed E-state index contributed by atoms with van der Waals surface area (Å²) in [5.74, 6) is 0.994. The molecule has 5 heteroatoms. The molecule has 1 fully saturated rings. The van der Waals surface area contributed by atoms with Crippen molar-refractivity contribution in [2.75, 3.05) is 11.9 Å². The van der Waals surface area contributed by atoms with Crippen molar-refractivity contribution in [1.29, 1.82) is 0 Å². The van der Waals surface area contributed by atoms with E-state index in [1.807, 2.05) is 10.7 Å². The van der Waals surface area contributed by atoms with Crippen LogP contribution in [0.5, 0.6) is 0 Å². The number of ketones is 1. The molecule has 5 nitrogen and oxygen atoms in total. The average Bonchev–Trinajstić information content (AvgIpc) is 3.14. The van der Waals surface area contributed by atoms with Crippen LogP contribution in [-0.4, -0.2) is 27.3 Å². The fourth-order valence-corrected chi connectivity index (χ4v) is 5.33. The molecular weight excluding hydrogens is 362 g/mol. The minimum Gasteiger partial charge on any atom is -0.396 e. The number of nitrogens with one attached hydrogen (secondary N) is 1. The van der Waals surface area contributed by atoms with Crippen molar-refractivity contribution in [2.24, 2.45) is 5.41 Å². The van der Waals surface area contributed by atoms with Crippen LogP contribution in [0.15, 0.2) is 36.5 Å². The number of benzene rings is 1. The third-order valence-electron chi connectivity index (χ3n) is 6.95. The van der Waals surface area contributed by atoms with Gasteiger partial charge >= 0.3 is 0 Å². The molecule has 29 heavy (non-hydrogen) atoms. The first-order chi connectivity index (χ1) is 13.9. The molecule has 4 rings (SSSR count). The summed E-state index contributed by atoms with van der Waals surface area (Å²) in [7, 11) is 0. The summed E-state index contributed by atoms with van der Waals surface area (Å²) >= 11 is 0. The lowest BCUT2D eigenvalue weighted by molar-refractivity contribution is 0.0783. The van der Waals surface area contributed by atoms with E-state index in [1.54, 1.807) is 6.20 Å². The summed E-state index contributed by atoms with van der Waals surface area (Å²) in [6, 6.07) is 10.6. The van der Waals surface area contributed by atoms with Crippen molar-refractivity contribution in [2.45, 2.75) is 76.8 Å². The summed E-state index contributed by atoms with van der Waals surface area (Å²) in [5.41, 5.74) is 1.70. The molecule has 0 spiro atoms. The number of Topliss-reactive ketones (excluding diaryl/α,β-unsaturated/α-hetero) is 1. The SMILES string of the molecule is CC1(C)CC(c2ccccc2)Nc2c(C(=O)CC3(CCO)CCCCC3)cnn21. The van der Waals surface area contributed by atoms with E-state index in [4.69, 9.17) is 0 Å². The van der Waals surface area contributed by atoms with E-state index in [0.717, 1.165) is 37.9 Å². The number of rotatable bonds is 6. The fourth-order valence-electron chi connectivity index (χ4n) is 5.33. The molecule has 1 atom stereocenters. The molecule has 0 bridgehead atoms. The number of hydrogen-bond acceptors (Lipinski definition) is 4. The topological polar surface area (TPSA) is 67.2 Å². The summed E-state index contributed by atoms with van der Waals surface area (Å²) in [6.07, 6.45) is 9.49. The van der Waals surface area contributed by atoms with E-state index >= 15 is 0 Å². The van der Waals surface area contributed by atoms with Crippen molar-refractivity contribution in [1.82, 2.24) is 9.78 Å². The highest BCUT2D eigenvalue weighted by atomic mass is 16.3. The van der Waals surface area contributed by atoms with Crippen LogP contribution in [0.4, 0.5) is 5.82 Å². The van der Waals surface area contributed by atoms with Gasteiger partial charge in [0, 0.05) is 13.0 Å². The monoisotopic (exact) mass is 395 g/mol. The highest BCUT2D eigenvalue weighted by molar-refractivity contribution is 6.01. The number of nitrogens with zero attached hydrogens (tertiary/aromatic N) is 2. The van der Waals surface area contributed by atoms with Gasteiger partial charge in [0.05, 0.1) is 23.3 Å². The van der Waals surface area contributed by atoms with Gasteiger partial charge in [-0.25, -0.2) is 4.68 Å². The predicted molar refractivity (Wildman–Crippen MR) is 115 cm³/mol. The number of fused-ring (bicyclic) bond motifs is 1. The molecule has 1 aliphatic heterocycles. The van der Waals surface area contributed by atoms with Crippen LogP contribution in [0.1, 0.15) is 87.2 Å². The van der Waals surface area contributed by atoms with Gasteiger partial charge in [-0.15, -0.1) is 0 Å². The highest BCUT2D eigenvalue weighted by Crippen LogP contribution is 2.45. The normalized spacial score (nSPS) is 22.5. The Labute approximate surface area is 173 Å². The molecule has 0 amide bonds. The van der Waals surface area contributed by atoms with E-state index in [0.29, 0.717) is 18.4 Å². The van der Waals surface area contributed by atoms with Gasteiger partial charge in [0.1, 0.15) is 5.82 Å². The first-order valence-electron chi connectivity index (χ1n) is 11.0. The number of aliphatic hydroxyl groups excluding tert-OH is 1. The maximum absolute atomic E-state index is 13.4. The van der Waals surface area contributed by atoms with Crippen molar-refractivity contribution >= 4 is 11.6 Å². The largest absolute Gasteiger partial charge is 0.396 e. The molecular formula is C24H33N3O2. The smallest absolute Gasteiger partial charge is 0.168 e. The number of hydrogen-bond donors (Lipinski definition) is 2. The number of aromatic nitrogens is 2.